The molecule has 0 unspecified atom stereocenters. The molecular weight excluding hydrogens is 178 g/mol. The van der Waals surface area contributed by atoms with E-state index in [-0.39, 0.29) is 6.61 Å². The molecule has 0 heterocycles. The fourth-order valence-corrected chi connectivity index (χ4v) is 1.37. The van der Waals surface area contributed by atoms with Gasteiger partial charge in [-0.1, -0.05) is 12.8 Å². The van der Waals surface area contributed by atoms with Crippen molar-refractivity contribution in [3.8, 4) is 0 Å². The lowest BCUT2D eigenvalue weighted by molar-refractivity contribution is 0.186. The highest BCUT2D eigenvalue weighted by molar-refractivity contribution is 4.50. The van der Waals surface area contributed by atoms with Crippen LogP contribution in [0, 0.1) is 0 Å². The van der Waals surface area contributed by atoms with Gasteiger partial charge in [-0.3, -0.25) is 0 Å². The fraction of sp³-hybridized carbons (Fsp3) is 1.00. The molecule has 3 heteroatoms. The van der Waals surface area contributed by atoms with Gasteiger partial charge in [0, 0.05) is 6.61 Å². The predicted molar refractivity (Wildman–Crippen MR) is 57.8 cm³/mol. The van der Waals surface area contributed by atoms with E-state index in [9.17, 15) is 5.11 Å². The molecule has 2 N–H and O–H groups in total. The Balaban J connectivity index is 2.78. The van der Waals surface area contributed by atoms with Gasteiger partial charge in [-0.2, -0.15) is 0 Å². The monoisotopic (exact) mass is 202 g/mol. The van der Waals surface area contributed by atoms with E-state index in [1.54, 1.807) is 0 Å². The van der Waals surface area contributed by atoms with Crippen LogP contribution in [0.3, 0.4) is 0 Å². The molecule has 0 aliphatic carbocycles. The molecule has 0 aliphatic rings. The van der Waals surface area contributed by atoms with Crippen LogP contribution >= 0.6 is 0 Å². The summed E-state index contributed by atoms with van der Waals surface area (Å²) in [4.78, 5) is 0. The lowest BCUT2D eigenvalue weighted by atomic mass is 10.2. The van der Waals surface area contributed by atoms with Gasteiger partial charge in [0.15, 0.2) is 0 Å². The van der Waals surface area contributed by atoms with Crippen molar-refractivity contribution >= 4 is 0 Å². The summed E-state index contributed by atoms with van der Waals surface area (Å²) in [6.07, 6.45) is 7.46. The van der Waals surface area contributed by atoms with E-state index in [0.29, 0.717) is 6.61 Å². The maximum Gasteiger partial charge on any atom is 0.0822 e. The summed E-state index contributed by atoms with van der Waals surface area (Å²) in [5, 5.41) is 22.0. The first kappa shape index (κ1) is 13.9. The Kier molecular flexibility index (Phi) is 12.8. The minimum atomic E-state index is 0.0706. The highest BCUT2D eigenvalue weighted by Gasteiger charge is 1.90. The zero-order valence-electron chi connectivity index (χ0n) is 9.13. The third-order valence-electron chi connectivity index (χ3n) is 2.26. The fourth-order valence-electron chi connectivity index (χ4n) is 1.37. The molecular formula is C11H24NO2. The molecule has 0 amide bonds. The number of hydrogen-bond acceptors (Lipinski definition) is 2. The molecule has 0 saturated carbocycles. The minimum Gasteiger partial charge on any atom is -0.396 e. The van der Waals surface area contributed by atoms with Crippen LogP contribution in [0.2, 0.25) is 0 Å². The number of aliphatic hydroxyl groups excluding tert-OH is 1. The summed E-state index contributed by atoms with van der Waals surface area (Å²) in [6, 6.07) is 0. The molecule has 0 spiro atoms. The number of unbranched alkanes of at least 4 members (excludes halogenated alkanes) is 5. The Hall–Kier alpha value is -0.120. The zero-order chi connectivity index (χ0) is 10.5. The highest BCUT2D eigenvalue weighted by atomic mass is 16.3. The standard InChI is InChI=1S/C11H24NO2/c13-10-6-2-1-4-8-12-9-5-3-7-11-14/h12-13H,1-11H2. The van der Waals surface area contributed by atoms with Gasteiger partial charge in [-0.25, -0.2) is 5.11 Å². The summed E-state index contributed by atoms with van der Waals surface area (Å²) in [5.41, 5.74) is 0. The van der Waals surface area contributed by atoms with Crippen LogP contribution in [0.25, 0.3) is 0 Å². The quantitative estimate of drug-likeness (QED) is 0.501. The average molecular weight is 202 g/mol. The number of hydrogen-bond donors (Lipinski definition) is 2. The Labute approximate surface area is 87.5 Å². The van der Waals surface area contributed by atoms with Gasteiger partial charge in [0.25, 0.3) is 0 Å². The van der Waals surface area contributed by atoms with Gasteiger partial charge in [-0.05, 0) is 45.2 Å². The van der Waals surface area contributed by atoms with E-state index < -0.39 is 0 Å². The number of nitrogens with one attached hydrogen (secondary N) is 1. The van der Waals surface area contributed by atoms with Crippen molar-refractivity contribution in [2.24, 2.45) is 0 Å². The van der Waals surface area contributed by atoms with Gasteiger partial charge in [-0.15, -0.1) is 0 Å². The van der Waals surface area contributed by atoms with Gasteiger partial charge in [0.05, 0.1) is 6.61 Å². The topological polar surface area (TPSA) is 52.2 Å². The van der Waals surface area contributed by atoms with Crippen molar-refractivity contribution in [1.82, 2.24) is 5.32 Å². The Morgan fingerprint density at radius 2 is 1.36 bits per heavy atom. The van der Waals surface area contributed by atoms with Crippen LogP contribution in [-0.4, -0.2) is 31.4 Å². The largest absolute Gasteiger partial charge is 0.396 e. The summed E-state index contributed by atoms with van der Waals surface area (Å²) in [7, 11) is 0. The van der Waals surface area contributed by atoms with Crippen LogP contribution in [0.15, 0.2) is 0 Å². The van der Waals surface area contributed by atoms with E-state index >= 15 is 0 Å². The van der Waals surface area contributed by atoms with E-state index in [1.165, 1.54) is 12.8 Å². The molecule has 0 rings (SSSR count). The molecule has 0 aromatic heterocycles. The maximum absolute atomic E-state index is 10.1. The maximum atomic E-state index is 10.1. The molecule has 0 aromatic carbocycles. The Bertz CT molecular complexity index is 87.3. The minimum absolute atomic E-state index is 0.0706. The molecule has 14 heavy (non-hydrogen) atoms. The van der Waals surface area contributed by atoms with Crippen LogP contribution in [0.1, 0.15) is 44.9 Å². The average Bonchev–Trinajstić information content (AvgIpc) is 2.21. The van der Waals surface area contributed by atoms with E-state index in [0.717, 1.165) is 45.2 Å². The van der Waals surface area contributed by atoms with Gasteiger partial charge in [0.1, 0.15) is 0 Å². The van der Waals surface area contributed by atoms with E-state index in [4.69, 9.17) is 5.11 Å². The molecule has 0 atom stereocenters. The van der Waals surface area contributed by atoms with Crippen molar-refractivity contribution in [2.45, 2.75) is 44.9 Å². The molecule has 0 aromatic rings. The summed E-state index contributed by atoms with van der Waals surface area (Å²) in [6.45, 7) is 2.51. The summed E-state index contributed by atoms with van der Waals surface area (Å²) >= 11 is 0. The summed E-state index contributed by atoms with van der Waals surface area (Å²) in [5.74, 6) is 0. The molecule has 3 nitrogen and oxygen atoms in total. The van der Waals surface area contributed by atoms with Crippen LogP contribution in [0.4, 0.5) is 0 Å². The van der Waals surface area contributed by atoms with Crippen LogP contribution < -0.4 is 5.32 Å². The second-order valence-corrected chi connectivity index (χ2v) is 3.65. The smallest absolute Gasteiger partial charge is 0.0822 e. The summed E-state index contributed by atoms with van der Waals surface area (Å²) < 4.78 is 0. The Morgan fingerprint density at radius 1 is 0.786 bits per heavy atom. The second kappa shape index (κ2) is 12.9. The van der Waals surface area contributed by atoms with E-state index in [1.807, 2.05) is 0 Å². The first-order chi connectivity index (χ1) is 6.91. The van der Waals surface area contributed by atoms with Crippen molar-refractivity contribution < 1.29 is 10.2 Å². The van der Waals surface area contributed by atoms with Crippen LogP contribution in [-0.2, 0) is 5.11 Å². The lowest BCUT2D eigenvalue weighted by Crippen LogP contribution is -2.16. The first-order valence-electron chi connectivity index (χ1n) is 5.81. The third-order valence-corrected chi connectivity index (χ3v) is 2.26. The van der Waals surface area contributed by atoms with Crippen molar-refractivity contribution in [1.29, 1.82) is 0 Å². The third kappa shape index (κ3) is 11.9. The normalized spacial score (nSPS) is 10.7. The van der Waals surface area contributed by atoms with E-state index in [2.05, 4.69) is 5.32 Å². The number of aliphatic hydroxyl groups is 1. The second-order valence-electron chi connectivity index (χ2n) is 3.65. The van der Waals surface area contributed by atoms with Gasteiger partial charge in [0.2, 0.25) is 0 Å². The van der Waals surface area contributed by atoms with Gasteiger partial charge >= 0.3 is 0 Å². The number of rotatable bonds is 11. The molecule has 85 valence electrons. The molecule has 0 bridgehead atoms. The SMILES string of the molecule is [O]CCCCCNCCCCCCO. The molecule has 1 radical (unpaired) electrons. The van der Waals surface area contributed by atoms with Crippen molar-refractivity contribution in [2.75, 3.05) is 26.3 Å². The predicted octanol–water partition coefficient (Wildman–Crippen LogP) is 1.73. The first-order valence-corrected chi connectivity index (χ1v) is 5.81. The zero-order valence-corrected chi connectivity index (χ0v) is 9.13. The molecule has 0 saturated heterocycles. The highest BCUT2D eigenvalue weighted by Crippen LogP contribution is 1.98. The van der Waals surface area contributed by atoms with Gasteiger partial charge < -0.3 is 10.4 Å². The molecule has 0 aliphatic heterocycles. The van der Waals surface area contributed by atoms with Crippen molar-refractivity contribution in [3.63, 3.8) is 0 Å². The molecule has 0 fully saturated rings. The Morgan fingerprint density at radius 3 is 1.93 bits per heavy atom. The van der Waals surface area contributed by atoms with Crippen LogP contribution in [0.5, 0.6) is 0 Å². The lowest BCUT2D eigenvalue weighted by Gasteiger charge is -2.03. The van der Waals surface area contributed by atoms with Crippen molar-refractivity contribution in [3.05, 3.63) is 0 Å².